The van der Waals surface area contributed by atoms with Crippen molar-refractivity contribution in [3.8, 4) is 11.1 Å². The van der Waals surface area contributed by atoms with Crippen LogP contribution >= 0.6 is 0 Å². The molecule has 1 atom stereocenters. The molecule has 0 saturated heterocycles. The molecule has 34 heavy (non-hydrogen) atoms. The first-order chi connectivity index (χ1) is 16.5. The number of carboxylic acids is 1. The van der Waals surface area contributed by atoms with Crippen molar-refractivity contribution >= 4 is 18.0 Å². The molecule has 2 amide bonds. The highest BCUT2D eigenvalue weighted by Crippen LogP contribution is 2.44. The van der Waals surface area contributed by atoms with Gasteiger partial charge in [0.15, 0.2) is 0 Å². The summed E-state index contributed by atoms with van der Waals surface area (Å²) in [6, 6.07) is 15.0. The number of aliphatic carboxylic acids is 1. The molecule has 0 radical (unpaired) electrons. The summed E-state index contributed by atoms with van der Waals surface area (Å²) in [5.74, 6) is -1.41. The van der Waals surface area contributed by atoms with Gasteiger partial charge in [-0.15, -0.1) is 0 Å². The third-order valence-corrected chi connectivity index (χ3v) is 5.70. The zero-order valence-corrected chi connectivity index (χ0v) is 19.2. The van der Waals surface area contributed by atoms with Crippen LogP contribution in [0.15, 0.2) is 72.8 Å². The molecular weight excluding hydrogens is 432 g/mol. The summed E-state index contributed by atoms with van der Waals surface area (Å²) < 4.78 is 5.44. The Morgan fingerprint density at radius 2 is 1.65 bits per heavy atom. The van der Waals surface area contributed by atoms with Crippen molar-refractivity contribution in [3.05, 3.63) is 84.0 Å². The predicted octanol–water partition coefficient (Wildman–Crippen LogP) is 4.40. The molecule has 0 saturated carbocycles. The van der Waals surface area contributed by atoms with E-state index in [0.717, 1.165) is 22.3 Å². The number of unbranched alkanes of at least 4 members (excludes halogenated alkanes) is 1. The quantitative estimate of drug-likeness (QED) is 0.261. The number of nitrogens with one attached hydrogen (secondary N) is 2. The Bertz CT molecular complexity index is 1030. The molecular formula is C27H30N2O5. The molecule has 3 rings (SSSR count). The van der Waals surface area contributed by atoms with Crippen LogP contribution in [-0.4, -0.2) is 42.3 Å². The Morgan fingerprint density at radius 1 is 1.00 bits per heavy atom. The maximum absolute atomic E-state index is 12.4. The first-order valence-corrected chi connectivity index (χ1v) is 11.4. The summed E-state index contributed by atoms with van der Waals surface area (Å²) in [4.78, 5) is 35.6. The highest BCUT2D eigenvalue weighted by Gasteiger charge is 2.29. The van der Waals surface area contributed by atoms with E-state index in [1.165, 1.54) is 6.08 Å². The summed E-state index contributed by atoms with van der Waals surface area (Å²) in [6.45, 7) is 2.41. The number of fused-ring (bicyclic) bond motifs is 3. The lowest BCUT2D eigenvalue weighted by molar-refractivity contribution is -0.139. The van der Waals surface area contributed by atoms with Crippen molar-refractivity contribution in [1.82, 2.24) is 10.6 Å². The number of allylic oxidation sites excluding steroid dienone is 3. The lowest BCUT2D eigenvalue weighted by Gasteiger charge is -2.17. The zero-order valence-electron chi connectivity index (χ0n) is 19.2. The molecule has 0 spiro atoms. The fourth-order valence-corrected chi connectivity index (χ4v) is 4.04. The zero-order chi connectivity index (χ0) is 24.3. The second-order valence-corrected chi connectivity index (χ2v) is 8.03. The third kappa shape index (κ3) is 6.57. The van der Waals surface area contributed by atoms with Gasteiger partial charge in [-0.3, -0.25) is 4.79 Å². The lowest BCUT2D eigenvalue weighted by atomic mass is 9.98. The summed E-state index contributed by atoms with van der Waals surface area (Å²) in [7, 11) is 0. The maximum atomic E-state index is 12.4. The highest BCUT2D eigenvalue weighted by molar-refractivity contribution is 5.87. The van der Waals surface area contributed by atoms with E-state index in [1.54, 1.807) is 12.2 Å². The van der Waals surface area contributed by atoms with E-state index >= 15 is 0 Å². The second-order valence-electron chi connectivity index (χ2n) is 8.03. The number of amides is 2. The van der Waals surface area contributed by atoms with Crippen LogP contribution in [0.3, 0.4) is 0 Å². The van der Waals surface area contributed by atoms with E-state index in [2.05, 4.69) is 22.8 Å². The van der Waals surface area contributed by atoms with Crippen molar-refractivity contribution < 1.29 is 24.2 Å². The fraction of sp³-hybridized carbons (Fsp3) is 0.296. The van der Waals surface area contributed by atoms with Crippen LogP contribution in [0.25, 0.3) is 11.1 Å². The molecule has 0 heterocycles. The number of carbonyl (C=O) groups is 3. The largest absolute Gasteiger partial charge is 0.480 e. The van der Waals surface area contributed by atoms with Crippen LogP contribution in [-0.2, 0) is 14.3 Å². The average molecular weight is 463 g/mol. The van der Waals surface area contributed by atoms with Gasteiger partial charge in [0, 0.05) is 18.5 Å². The number of carbonyl (C=O) groups excluding carboxylic acids is 2. The topological polar surface area (TPSA) is 105 Å². The molecule has 178 valence electrons. The molecule has 7 heteroatoms. The molecule has 2 aromatic carbocycles. The van der Waals surface area contributed by atoms with Gasteiger partial charge in [0.05, 0.1) is 0 Å². The van der Waals surface area contributed by atoms with Gasteiger partial charge in [-0.25, -0.2) is 9.59 Å². The number of ether oxygens (including phenoxy) is 1. The van der Waals surface area contributed by atoms with E-state index in [4.69, 9.17) is 4.74 Å². The predicted molar refractivity (Wildman–Crippen MR) is 130 cm³/mol. The van der Waals surface area contributed by atoms with Crippen molar-refractivity contribution in [3.63, 3.8) is 0 Å². The van der Waals surface area contributed by atoms with E-state index in [0.29, 0.717) is 19.4 Å². The fourth-order valence-electron chi connectivity index (χ4n) is 4.04. The van der Waals surface area contributed by atoms with Crippen LogP contribution in [0.2, 0.25) is 0 Å². The molecule has 0 unspecified atom stereocenters. The molecule has 1 aliphatic rings. The Labute approximate surface area is 199 Å². The van der Waals surface area contributed by atoms with Crippen LogP contribution in [0.5, 0.6) is 0 Å². The van der Waals surface area contributed by atoms with Crippen LogP contribution in [0.4, 0.5) is 4.79 Å². The third-order valence-electron chi connectivity index (χ3n) is 5.70. The van der Waals surface area contributed by atoms with E-state index in [-0.39, 0.29) is 24.9 Å². The summed E-state index contributed by atoms with van der Waals surface area (Å²) in [5.41, 5.74) is 4.43. The van der Waals surface area contributed by atoms with E-state index < -0.39 is 18.1 Å². The number of rotatable bonds is 11. The van der Waals surface area contributed by atoms with Crippen LogP contribution < -0.4 is 10.6 Å². The van der Waals surface area contributed by atoms with Gasteiger partial charge < -0.3 is 20.5 Å². The normalized spacial score (nSPS) is 13.4. The molecule has 0 aromatic heterocycles. The lowest BCUT2D eigenvalue weighted by Crippen LogP contribution is -2.41. The molecule has 2 aromatic rings. The number of hydrogen-bond donors (Lipinski definition) is 3. The SMILES string of the molecule is C/C=C/C=C/C(=O)NCCCC[C@H](NC(=O)OCC1c2ccccc2-c2ccccc21)C(=O)O. The van der Waals surface area contributed by atoms with Gasteiger partial charge in [0.25, 0.3) is 0 Å². The van der Waals surface area contributed by atoms with E-state index in [9.17, 15) is 19.5 Å². The molecule has 3 N–H and O–H groups in total. The Hall–Kier alpha value is -3.87. The number of alkyl carbamates (subject to hydrolysis) is 1. The van der Waals surface area contributed by atoms with E-state index in [1.807, 2.05) is 49.4 Å². The number of carboxylic acid groups (broad SMARTS) is 1. The first kappa shape index (κ1) is 24.8. The molecule has 1 aliphatic carbocycles. The summed E-state index contributed by atoms with van der Waals surface area (Å²) in [6.07, 6.45) is 7.26. The van der Waals surface area contributed by atoms with Crippen molar-refractivity contribution in [1.29, 1.82) is 0 Å². The van der Waals surface area contributed by atoms with Gasteiger partial charge in [0.1, 0.15) is 12.6 Å². The van der Waals surface area contributed by atoms with Crippen molar-refractivity contribution in [2.45, 2.75) is 38.1 Å². The average Bonchev–Trinajstić information content (AvgIpc) is 3.15. The van der Waals surface area contributed by atoms with Gasteiger partial charge in [0.2, 0.25) is 5.91 Å². The monoisotopic (exact) mass is 462 g/mol. The Kier molecular flexibility index (Phi) is 9.03. The van der Waals surface area contributed by atoms with Gasteiger partial charge in [-0.2, -0.15) is 0 Å². The molecule has 0 bridgehead atoms. The summed E-state index contributed by atoms with van der Waals surface area (Å²) >= 11 is 0. The van der Waals surface area contributed by atoms with Gasteiger partial charge >= 0.3 is 12.1 Å². The first-order valence-electron chi connectivity index (χ1n) is 11.4. The minimum Gasteiger partial charge on any atom is -0.480 e. The van der Waals surface area contributed by atoms with Gasteiger partial charge in [-0.05, 0) is 48.4 Å². The Balaban J connectivity index is 1.46. The van der Waals surface area contributed by atoms with Gasteiger partial charge in [-0.1, -0.05) is 66.8 Å². The number of hydrogen-bond acceptors (Lipinski definition) is 4. The minimum atomic E-state index is -1.12. The smallest absolute Gasteiger partial charge is 0.407 e. The highest BCUT2D eigenvalue weighted by atomic mass is 16.5. The van der Waals surface area contributed by atoms with Crippen LogP contribution in [0, 0.1) is 0 Å². The summed E-state index contributed by atoms with van der Waals surface area (Å²) in [5, 5.41) is 14.7. The van der Waals surface area contributed by atoms with Crippen molar-refractivity contribution in [2.75, 3.05) is 13.2 Å². The molecule has 7 nitrogen and oxygen atoms in total. The van der Waals surface area contributed by atoms with Crippen molar-refractivity contribution in [2.24, 2.45) is 0 Å². The molecule has 0 aliphatic heterocycles. The second kappa shape index (κ2) is 12.4. The standard InChI is InChI=1S/C27H30N2O5/c1-2-3-4-16-25(30)28-17-10-9-15-24(26(31)32)29-27(33)34-18-23-21-13-7-5-11-19(21)20-12-6-8-14-22(20)23/h2-8,11-14,16,23-24H,9-10,15,17-18H2,1H3,(H,28,30)(H,29,33)(H,31,32)/b3-2+,16-4+/t24-/m0/s1. The Morgan fingerprint density at radius 3 is 2.26 bits per heavy atom. The minimum absolute atomic E-state index is 0.0908. The number of benzene rings is 2. The maximum Gasteiger partial charge on any atom is 0.407 e. The van der Waals surface area contributed by atoms with Crippen LogP contribution in [0.1, 0.15) is 43.2 Å². The molecule has 0 fully saturated rings.